The number of carbonyl (C=O) groups is 2. The van der Waals surface area contributed by atoms with Gasteiger partial charge < -0.3 is 19.6 Å². The molecule has 0 aliphatic carbocycles. The Hall–Kier alpha value is -4.67. The van der Waals surface area contributed by atoms with Crippen LogP contribution in [0.1, 0.15) is 19.9 Å². The summed E-state index contributed by atoms with van der Waals surface area (Å²) in [4.78, 5) is 39.1. The number of hydrogen-bond acceptors (Lipinski definition) is 6. The van der Waals surface area contributed by atoms with Crippen molar-refractivity contribution in [3.63, 3.8) is 0 Å². The molecule has 1 fully saturated rings. The Bertz CT molecular complexity index is 1540. The summed E-state index contributed by atoms with van der Waals surface area (Å²) >= 11 is 0. The molecule has 11 heteroatoms. The van der Waals surface area contributed by atoms with Gasteiger partial charge in [-0.2, -0.15) is 10.2 Å². The van der Waals surface area contributed by atoms with E-state index in [1.54, 1.807) is 33.8 Å². The topological polar surface area (TPSA) is 122 Å². The van der Waals surface area contributed by atoms with Gasteiger partial charge in [0, 0.05) is 50.1 Å². The molecule has 1 aromatic carbocycles. The first-order valence-electron chi connectivity index (χ1n) is 12.4. The summed E-state index contributed by atoms with van der Waals surface area (Å²) in [5, 5.41) is 18.5. The van der Waals surface area contributed by atoms with Crippen molar-refractivity contribution in [3.05, 3.63) is 71.1 Å². The van der Waals surface area contributed by atoms with Crippen LogP contribution in [0.25, 0.3) is 28.0 Å². The van der Waals surface area contributed by atoms with Gasteiger partial charge in [0.05, 0.1) is 22.8 Å². The Morgan fingerprint density at radius 3 is 2.37 bits per heavy atom. The van der Waals surface area contributed by atoms with Crippen LogP contribution in [0.2, 0.25) is 0 Å². The number of fused-ring (bicyclic) bond motifs is 1. The van der Waals surface area contributed by atoms with Gasteiger partial charge >= 0.3 is 6.09 Å². The highest BCUT2D eigenvalue weighted by molar-refractivity contribution is 5.91. The molecule has 0 bridgehead atoms. The number of benzene rings is 1. The number of carbonyl (C=O) groups excluding carboxylic acids is 1. The molecule has 0 saturated carbocycles. The highest BCUT2D eigenvalue weighted by Gasteiger charge is 2.24. The van der Waals surface area contributed by atoms with Gasteiger partial charge in [-0.1, -0.05) is 30.3 Å². The molecule has 1 aliphatic rings. The Kier molecular flexibility index (Phi) is 6.82. The molecule has 4 aromatic rings. The summed E-state index contributed by atoms with van der Waals surface area (Å²) < 4.78 is 9.02. The molecule has 0 unspecified atom stereocenters. The maximum Gasteiger partial charge on any atom is 0.407 e. The molecule has 0 atom stereocenters. The number of pyridine rings is 1. The summed E-state index contributed by atoms with van der Waals surface area (Å²) in [6, 6.07) is 16.3. The smallest absolute Gasteiger partial charge is 0.407 e. The Balaban J connectivity index is 1.47. The largest absolute Gasteiger partial charge is 0.484 e. The molecule has 5 rings (SSSR count). The number of rotatable bonds is 6. The van der Waals surface area contributed by atoms with E-state index < -0.39 is 6.09 Å². The first kappa shape index (κ1) is 25.0. The van der Waals surface area contributed by atoms with E-state index in [2.05, 4.69) is 5.10 Å². The highest BCUT2D eigenvalue weighted by atomic mass is 16.5. The molecule has 4 heterocycles. The molecular formula is C27H28N6O5. The van der Waals surface area contributed by atoms with E-state index in [9.17, 15) is 14.4 Å². The molecule has 2 amide bonds. The first-order valence-corrected chi connectivity index (χ1v) is 12.4. The van der Waals surface area contributed by atoms with Crippen molar-refractivity contribution >= 4 is 17.5 Å². The molecular weight excluding hydrogens is 488 g/mol. The summed E-state index contributed by atoms with van der Waals surface area (Å²) in [6.45, 7) is 4.85. The fourth-order valence-corrected chi connectivity index (χ4v) is 4.48. The second-order valence-electron chi connectivity index (χ2n) is 9.32. The quantitative estimate of drug-likeness (QED) is 0.418. The van der Waals surface area contributed by atoms with Crippen molar-refractivity contribution in [1.29, 1.82) is 0 Å². The van der Waals surface area contributed by atoms with Crippen LogP contribution in [0.5, 0.6) is 5.75 Å². The molecule has 1 saturated heterocycles. The molecule has 0 radical (unpaired) electrons. The summed E-state index contributed by atoms with van der Waals surface area (Å²) in [7, 11) is 0. The minimum Gasteiger partial charge on any atom is -0.484 e. The molecule has 38 heavy (non-hydrogen) atoms. The summed E-state index contributed by atoms with van der Waals surface area (Å²) in [5.41, 5.74) is 3.47. The first-order chi connectivity index (χ1) is 18.3. The fourth-order valence-electron chi connectivity index (χ4n) is 4.48. The van der Waals surface area contributed by atoms with Gasteiger partial charge in [0.2, 0.25) is 0 Å². The van der Waals surface area contributed by atoms with Gasteiger partial charge in [0.15, 0.2) is 6.61 Å². The minimum atomic E-state index is -0.980. The van der Waals surface area contributed by atoms with Gasteiger partial charge in [0.1, 0.15) is 11.4 Å². The standard InChI is InChI=1S/C27H28N6O5/c1-18(2)33-23(34)9-8-21(28-33)25-22-16-20(10-11-32(22)29-26(25)19-6-4-3-5-7-19)38-17-24(35)30-12-14-31(15-13-30)27(36)37/h3-11,16,18H,12-15,17H2,1-2H3,(H,36,37). The summed E-state index contributed by atoms with van der Waals surface area (Å²) in [5.74, 6) is 0.271. The predicted molar refractivity (Wildman–Crippen MR) is 140 cm³/mol. The van der Waals surface area contributed by atoms with Gasteiger partial charge in [-0.3, -0.25) is 9.59 Å². The molecule has 11 nitrogen and oxygen atoms in total. The van der Waals surface area contributed by atoms with E-state index in [-0.39, 0.29) is 37.2 Å². The lowest BCUT2D eigenvalue weighted by Crippen LogP contribution is -2.51. The van der Waals surface area contributed by atoms with Crippen molar-refractivity contribution in [2.45, 2.75) is 19.9 Å². The van der Waals surface area contributed by atoms with Crippen LogP contribution in [0.3, 0.4) is 0 Å². The molecule has 1 N–H and O–H groups in total. The normalized spacial score (nSPS) is 13.8. The molecule has 196 valence electrons. The average Bonchev–Trinajstić information content (AvgIpc) is 3.31. The van der Waals surface area contributed by atoms with E-state index in [0.717, 1.165) is 11.1 Å². The lowest BCUT2D eigenvalue weighted by atomic mass is 10.0. The Morgan fingerprint density at radius 2 is 1.68 bits per heavy atom. The van der Waals surface area contributed by atoms with Gasteiger partial charge in [0.25, 0.3) is 11.5 Å². The van der Waals surface area contributed by atoms with Crippen LogP contribution in [0, 0.1) is 0 Å². The molecule has 3 aromatic heterocycles. The van der Waals surface area contributed by atoms with Crippen LogP contribution < -0.4 is 10.3 Å². The van der Waals surface area contributed by atoms with Crippen molar-refractivity contribution in [2.24, 2.45) is 0 Å². The lowest BCUT2D eigenvalue weighted by molar-refractivity contribution is -0.134. The zero-order valence-corrected chi connectivity index (χ0v) is 21.1. The molecule has 1 aliphatic heterocycles. The maximum absolute atomic E-state index is 12.7. The van der Waals surface area contributed by atoms with Crippen LogP contribution in [-0.4, -0.2) is 79.1 Å². The second kappa shape index (κ2) is 10.4. The number of ether oxygens (including phenoxy) is 1. The number of aromatic nitrogens is 4. The van der Waals surface area contributed by atoms with Crippen LogP contribution in [-0.2, 0) is 4.79 Å². The van der Waals surface area contributed by atoms with E-state index in [4.69, 9.17) is 14.9 Å². The number of nitrogens with zero attached hydrogens (tertiary/aromatic N) is 6. The highest BCUT2D eigenvalue weighted by Crippen LogP contribution is 2.35. The van der Waals surface area contributed by atoms with Gasteiger partial charge in [-0.25, -0.2) is 14.0 Å². The van der Waals surface area contributed by atoms with E-state index in [1.807, 2.05) is 44.2 Å². The number of hydrogen-bond donors (Lipinski definition) is 1. The lowest BCUT2D eigenvalue weighted by Gasteiger charge is -2.33. The summed E-state index contributed by atoms with van der Waals surface area (Å²) in [6.07, 6.45) is 0.779. The van der Waals surface area contributed by atoms with E-state index in [1.165, 1.54) is 15.6 Å². The van der Waals surface area contributed by atoms with Crippen molar-refractivity contribution in [1.82, 2.24) is 29.2 Å². The van der Waals surface area contributed by atoms with Crippen LogP contribution >= 0.6 is 0 Å². The third kappa shape index (κ3) is 4.95. The third-order valence-corrected chi connectivity index (χ3v) is 6.49. The SMILES string of the molecule is CC(C)n1nc(-c2c(-c3ccccc3)nn3ccc(OCC(=O)N4CCN(C(=O)O)CC4)cc23)ccc1=O. The van der Waals surface area contributed by atoms with Gasteiger partial charge in [-0.15, -0.1) is 0 Å². The Morgan fingerprint density at radius 1 is 0.974 bits per heavy atom. The molecule has 0 spiro atoms. The average molecular weight is 517 g/mol. The van der Waals surface area contributed by atoms with Crippen molar-refractivity contribution in [3.8, 4) is 28.3 Å². The third-order valence-electron chi connectivity index (χ3n) is 6.49. The number of amides is 2. The monoisotopic (exact) mass is 516 g/mol. The minimum absolute atomic E-state index is 0.119. The Labute approximate surface area is 218 Å². The van der Waals surface area contributed by atoms with Crippen molar-refractivity contribution < 1.29 is 19.4 Å². The van der Waals surface area contributed by atoms with Crippen LogP contribution in [0.4, 0.5) is 4.79 Å². The van der Waals surface area contributed by atoms with Crippen molar-refractivity contribution in [2.75, 3.05) is 32.8 Å². The maximum atomic E-state index is 12.7. The zero-order valence-electron chi connectivity index (χ0n) is 21.1. The predicted octanol–water partition coefficient (Wildman–Crippen LogP) is 3.01. The second-order valence-corrected chi connectivity index (χ2v) is 9.32. The van der Waals surface area contributed by atoms with Crippen LogP contribution in [0.15, 0.2) is 65.6 Å². The van der Waals surface area contributed by atoms with Gasteiger partial charge in [-0.05, 0) is 26.0 Å². The zero-order chi connectivity index (χ0) is 26.8. The fraction of sp³-hybridized carbons (Fsp3) is 0.296. The van der Waals surface area contributed by atoms with E-state index >= 15 is 0 Å². The van der Waals surface area contributed by atoms with E-state index in [0.29, 0.717) is 35.7 Å². The number of piperazine rings is 1. The number of carboxylic acid groups (broad SMARTS) is 1.